The van der Waals surface area contributed by atoms with Crippen LogP contribution in [-0.4, -0.2) is 42.4 Å². The molecule has 0 saturated carbocycles. The van der Waals surface area contributed by atoms with Gasteiger partial charge < -0.3 is 9.84 Å². The van der Waals surface area contributed by atoms with Gasteiger partial charge >= 0.3 is 0 Å². The van der Waals surface area contributed by atoms with Gasteiger partial charge in [0.05, 0.1) is 19.3 Å². The summed E-state index contributed by atoms with van der Waals surface area (Å²) < 4.78 is 5.52. The Labute approximate surface area is 102 Å². The minimum atomic E-state index is -0.157. The molecule has 3 atom stereocenters. The van der Waals surface area contributed by atoms with E-state index in [0.717, 1.165) is 19.6 Å². The number of rotatable bonds is 2. The number of aliphatic hydroxyl groups excluding tert-OH is 1. The number of piperidine rings is 1. The van der Waals surface area contributed by atoms with E-state index in [4.69, 9.17) is 4.74 Å². The van der Waals surface area contributed by atoms with Crippen LogP contribution in [0.2, 0.25) is 0 Å². The van der Waals surface area contributed by atoms with Gasteiger partial charge in [0.25, 0.3) is 0 Å². The van der Waals surface area contributed by atoms with Crippen LogP contribution in [0.15, 0.2) is 30.3 Å². The van der Waals surface area contributed by atoms with Crippen LogP contribution in [0.1, 0.15) is 5.56 Å². The van der Waals surface area contributed by atoms with E-state index in [1.54, 1.807) is 0 Å². The average Bonchev–Trinajstić information content (AvgIpc) is 2.32. The Morgan fingerprint density at radius 1 is 1.12 bits per heavy atom. The molecule has 2 bridgehead atoms. The van der Waals surface area contributed by atoms with E-state index in [1.807, 2.05) is 6.07 Å². The summed E-state index contributed by atoms with van der Waals surface area (Å²) in [6.07, 6.45) is -0.157. The fourth-order valence-electron chi connectivity index (χ4n) is 2.98. The molecule has 2 saturated heterocycles. The van der Waals surface area contributed by atoms with Crippen molar-refractivity contribution in [1.29, 1.82) is 0 Å². The first-order valence-corrected chi connectivity index (χ1v) is 6.35. The lowest BCUT2D eigenvalue weighted by Crippen LogP contribution is -2.54. The summed E-state index contributed by atoms with van der Waals surface area (Å²) in [5.41, 5.74) is 1.35. The minimum Gasteiger partial charge on any atom is -0.392 e. The Kier molecular flexibility index (Phi) is 3.14. The van der Waals surface area contributed by atoms with Crippen molar-refractivity contribution in [3.63, 3.8) is 0 Å². The summed E-state index contributed by atoms with van der Waals surface area (Å²) in [7, 11) is 0. The minimum absolute atomic E-state index is 0.157. The zero-order valence-electron chi connectivity index (χ0n) is 9.96. The Morgan fingerprint density at radius 2 is 1.76 bits per heavy atom. The quantitative estimate of drug-likeness (QED) is 0.831. The highest BCUT2D eigenvalue weighted by molar-refractivity contribution is 5.14. The van der Waals surface area contributed by atoms with Crippen LogP contribution in [-0.2, 0) is 11.3 Å². The van der Waals surface area contributed by atoms with E-state index in [1.165, 1.54) is 5.56 Å². The molecule has 2 fully saturated rings. The first kappa shape index (κ1) is 11.2. The number of nitrogens with zero attached hydrogens (tertiary/aromatic N) is 1. The number of benzene rings is 1. The molecule has 1 N–H and O–H groups in total. The lowest BCUT2D eigenvalue weighted by Gasteiger charge is -2.44. The molecule has 2 heterocycles. The van der Waals surface area contributed by atoms with Gasteiger partial charge in [-0.3, -0.25) is 4.90 Å². The number of hydrogen-bond donors (Lipinski definition) is 1. The first-order valence-electron chi connectivity index (χ1n) is 6.35. The maximum atomic E-state index is 10.1. The summed E-state index contributed by atoms with van der Waals surface area (Å²) in [6, 6.07) is 10.5. The van der Waals surface area contributed by atoms with Crippen LogP contribution in [0, 0.1) is 11.8 Å². The standard InChI is InChI=1S/C14H19NO2/c16-14-12-7-15(8-13(14)10-17-9-12)6-11-4-2-1-3-5-11/h1-5,12-14,16H,6-10H2/t12-,13?,14?/m1/s1. The SMILES string of the molecule is OC1C2COC[C@H]1CN(Cc1ccccc1)C2. The number of fused-ring (bicyclic) bond motifs is 2. The summed E-state index contributed by atoms with van der Waals surface area (Å²) >= 11 is 0. The van der Waals surface area contributed by atoms with Gasteiger partial charge in [-0.05, 0) is 5.56 Å². The zero-order chi connectivity index (χ0) is 11.7. The number of hydrogen-bond acceptors (Lipinski definition) is 3. The molecule has 1 aromatic rings. The van der Waals surface area contributed by atoms with Crippen LogP contribution in [0.5, 0.6) is 0 Å². The highest BCUT2D eigenvalue weighted by Crippen LogP contribution is 2.28. The van der Waals surface area contributed by atoms with Crippen molar-refractivity contribution >= 4 is 0 Å². The van der Waals surface area contributed by atoms with E-state index in [-0.39, 0.29) is 6.10 Å². The molecule has 0 aliphatic carbocycles. The number of aliphatic hydroxyl groups is 1. The van der Waals surface area contributed by atoms with E-state index in [0.29, 0.717) is 25.0 Å². The van der Waals surface area contributed by atoms with Crippen LogP contribution in [0.4, 0.5) is 0 Å². The number of likely N-dealkylation sites (tertiary alicyclic amines) is 1. The molecule has 3 nitrogen and oxygen atoms in total. The fourth-order valence-corrected chi connectivity index (χ4v) is 2.98. The van der Waals surface area contributed by atoms with E-state index >= 15 is 0 Å². The van der Waals surface area contributed by atoms with Gasteiger partial charge in [0.2, 0.25) is 0 Å². The van der Waals surface area contributed by atoms with Crippen molar-refractivity contribution in [3.8, 4) is 0 Å². The Hall–Kier alpha value is -0.900. The van der Waals surface area contributed by atoms with Gasteiger partial charge in [-0.2, -0.15) is 0 Å². The molecule has 3 rings (SSSR count). The third-order valence-corrected chi connectivity index (χ3v) is 3.86. The summed E-state index contributed by atoms with van der Waals surface area (Å²) in [6.45, 7) is 4.31. The average molecular weight is 233 g/mol. The largest absolute Gasteiger partial charge is 0.392 e. The monoisotopic (exact) mass is 233 g/mol. The van der Waals surface area contributed by atoms with Crippen molar-refractivity contribution in [2.75, 3.05) is 26.3 Å². The molecule has 17 heavy (non-hydrogen) atoms. The zero-order valence-corrected chi connectivity index (χ0v) is 9.96. The molecule has 0 radical (unpaired) electrons. The van der Waals surface area contributed by atoms with Crippen molar-refractivity contribution in [2.45, 2.75) is 12.6 Å². The van der Waals surface area contributed by atoms with Crippen molar-refractivity contribution in [1.82, 2.24) is 4.90 Å². The topological polar surface area (TPSA) is 32.7 Å². The molecular formula is C14H19NO2. The molecule has 2 aliphatic rings. The van der Waals surface area contributed by atoms with Crippen LogP contribution < -0.4 is 0 Å². The van der Waals surface area contributed by atoms with Gasteiger partial charge in [-0.15, -0.1) is 0 Å². The normalized spacial score (nSPS) is 33.6. The molecule has 2 aliphatic heterocycles. The maximum Gasteiger partial charge on any atom is 0.0665 e. The van der Waals surface area contributed by atoms with Gasteiger partial charge in [0.15, 0.2) is 0 Å². The van der Waals surface area contributed by atoms with E-state index < -0.39 is 0 Å². The van der Waals surface area contributed by atoms with Crippen molar-refractivity contribution < 1.29 is 9.84 Å². The van der Waals surface area contributed by atoms with Crippen LogP contribution in [0.25, 0.3) is 0 Å². The highest BCUT2D eigenvalue weighted by atomic mass is 16.5. The molecule has 0 aromatic heterocycles. The molecule has 3 heteroatoms. The highest BCUT2D eigenvalue weighted by Gasteiger charge is 2.38. The Bertz CT molecular complexity index is 354. The second kappa shape index (κ2) is 4.77. The molecule has 2 unspecified atom stereocenters. The summed E-state index contributed by atoms with van der Waals surface area (Å²) in [5, 5.41) is 10.1. The second-order valence-corrected chi connectivity index (χ2v) is 5.23. The summed E-state index contributed by atoms with van der Waals surface area (Å²) in [4.78, 5) is 2.44. The van der Waals surface area contributed by atoms with Crippen LogP contribution >= 0.6 is 0 Å². The first-order chi connectivity index (χ1) is 8.33. The molecule has 1 aromatic carbocycles. The van der Waals surface area contributed by atoms with Gasteiger partial charge in [0, 0.05) is 31.5 Å². The fraction of sp³-hybridized carbons (Fsp3) is 0.571. The predicted octanol–water partition coefficient (Wildman–Crippen LogP) is 1.13. The second-order valence-electron chi connectivity index (χ2n) is 5.23. The number of ether oxygens (including phenoxy) is 1. The third-order valence-electron chi connectivity index (χ3n) is 3.86. The van der Waals surface area contributed by atoms with Crippen LogP contribution in [0.3, 0.4) is 0 Å². The lowest BCUT2D eigenvalue weighted by atomic mass is 9.84. The lowest BCUT2D eigenvalue weighted by molar-refractivity contribution is -0.125. The molecule has 92 valence electrons. The third kappa shape index (κ3) is 2.37. The Balaban J connectivity index is 1.66. The smallest absolute Gasteiger partial charge is 0.0665 e. The van der Waals surface area contributed by atoms with E-state index in [9.17, 15) is 5.11 Å². The van der Waals surface area contributed by atoms with E-state index in [2.05, 4.69) is 29.2 Å². The van der Waals surface area contributed by atoms with Crippen molar-refractivity contribution in [3.05, 3.63) is 35.9 Å². The van der Waals surface area contributed by atoms with Gasteiger partial charge in [0.1, 0.15) is 0 Å². The molecule has 0 amide bonds. The maximum absolute atomic E-state index is 10.1. The summed E-state index contributed by atoms with van der Waals surface area (Å²) in [5.74, 6) is 0.595. The molecular weight excluding hydrogens is 214 g/mol. The predicted molar refractivity (Wildman–Crippen MR) is 65.5 cm³/mol. The van der Waals surface area contributed by atoms with Gasteiger partial charge in [-0.1, -0.05) is 30.3 Å². The Morgan fingerprint density at radius 3 is 2.41 bits per heavy atom. The van der Waals surface area contributed by atoms with Gasteiger partial charge in [-0.25, -0.2) is 0 Å². The van der Waals surface area contributed by atoms with Crippen molar-refractivity contribution in [2.24, 2.45) is 11.8 Å². The molecule has 0 spiro atoms.